The zero-order valence-corrected chi connectivity index (χ0v) is 20.5. The van der Waals surface area contributed by atoms with Crippen molar-refractivity contribution in [3.05, 3.63) is 64.9 Å². The summed E-state index contributed by atoms with van der Waals surface area (Å²) in [4.78, 5) is 36.7. The Morgan fingerprint density at radius 2 is 1.86 bits per heavy atom. The van der Waals surface area contributed by atoms with E-state index in [0.29, 0.717) is 38.3 Å². The number of rotatable bonds is 9. The molecule has 2 amide bonds. The summed E-state index contributed by atoms with van der Waals surface area (Å²) < 4.78 is 18.6. The SMILES string of the molecule is CC(CO)NC(=O)c1nc(C(=O)NCCN2CCOCC2)c2cc(Cc3ccc(F)cc3)cnc2c1O. The maximum Gasteiger partial charge on any atom is 0.274 e. The number of aromatic nitrogens is 2. The maximum absolute atomic E-state index is 13.3. The number of ether oxygens (including phenoxy) is 1. The predicted molar refractivity (Wildman–Crippen MR) is 134 cm³/mol. The summed E-state index contributed by atoms with van der Waals surface area (Å²) >= 11 is 0. The van der Waals surface area contributed by atoms with Gasteiger partial charge in [-0.1, -0.05) is 12.1 Å². The lowest BCUT2D eigenvalue weighted by Gasteiger charge is -2.26. The first kappa shape index (κ1) is 26.4. The molecule has 3 aromatic rings. The van der Waals surface area contributed by atoms with Crippen molar-refractivity contribution in [1.82, 2.24) is 25.5 Å². The number of fused-ring (bicyclic) bond motifs is 1. The van der Waals surface area contributed by atoms with Crippen LogP contribution in [0.3, 0.4) is 0 Å². The summed E-state index contributed by atoms with van der Waals surface area (Å²) in [5.74, 6) is -2.05. The van der Waals surface area contributed by atoms with Gasteiger partial charge in [0.05, 0.1) is 19.8 Å². The summed E-state index contributed by atoms with van der Waals surface area (Å²) in [6, 6.07) is 7.15. The largest absolute Gasteiger partial charge is 0.504 e. The molecule has 2 aromatic heterocycles. The lowest BCUT2D eigenvalue weighted by molar-refractivity contribution is 0.0383. The second-order valence-corrected chi connectivity index (χ2v) is 8.97. The molecule has 10 nitrogen and oxygen atoms in total. The Hall–Kier alpha value is -3.67. The molecule has 0 saturated carbocycles. The van der Waals surface area contributed by atoms with Gasteiger partial charge in [0, 0.05) is 43.8 Å². The number of nitrogens with one attached hydrogen (secondary N) is 2. The van der Waals surface area contributed by atoms with Gasteiger partial charge in [0.15, 0.2) is 11.4 Å². The molecule has 1 aliphatic heterocycles. The van der Waals surface area contributed by atoms with Crippen LogP contribution in [0.15, 0.2) is 36.5 Å². The molecule has 1 aromatic carbocycles. The predicted octanol–water partition coefficient (Wildman–Crippen LogP) is 1.24. The number of halogens is 1. The van der Waals surface area contributed by atoms with Crippen molar-refractivity contribution in [3.8, 4) is 5.75 Å². The molecule has 37 heavy (non-hydrogen) atoms. The number of amides is 2. The number of pyridine rings is 2. The van der Waals surface area contributed by atoms with E-state index in [2.05, 4.69) is 25.5 Å². The zero-order chi connectivity index (χ0) is 26.4. The average molecular weight is 512 g/mol. The van der Waals surface area contributed by atoms with Crippen LogP contribution in [-0.4, -0.2) is 88.9 Å². The molecular weight excluding hydrogens is 481 g/mol. The fourth-order valence-corrected chi connectivity index (χ4v) is 4.05. The Morgan fingerprint density at radius 3 is 2.57 bits per heavy atom. The van der Waals surface area contributed by atoms with Crippen LogP contribution in [0, 0.1) is 5.82 Å². The van der Waals surface area contributed by atoms with E-state index >= 15 is 0 Å². The van der Waals surface area contributed by atoms with Gasteiger partial charge in [-0.3, -0.25) is 19.5 Å². The molecule has 11 heteroatoms. The molecule has 1 fully saturated rings. The number of benzene rings is 1. The van der Waals surface area contributed by atoms with Crippen LogP contribution in [0.5, 0.6) is 5.75 Å². The lowest BCUT2D eigenvalue weighted by Crippen LogP contribution is -2.41. The summed E-state index contributed by atoms with van der Waals surface area (Å²) in [6.07, 6.45) is 1.95. The Balaban J connectivity index is 1.66. The molecule has 196 valence electrons. The molecule has 4 N–H and O–H groups in total. The van der Waals surface area contributed by atoms with Crippen molar-refractivity contribution < 1.29 is 28.9 Å². The highest BCUT2D eigenvalue weighted by atomic mass is 19.1. The van der Waals surface area contributed by atoms with Gasteiger partial charge in [-0.25, -0.2) is 9.37 Å². The van der Waals surface area contributed by atoms with E-state index in [4.69, 9.17) is 4.74 Å². The summed E-state index contributed by atoms with van der Waals surface area (Å²) in [5.41, 5.74) is 1.20. The zero-order valence-electron chi connectivity index (χ0n) is 20.5. The molecule has 4 rings (SSSR count). The number of hydrogen-bond acceptors (Lipinski definition) is 8. The minimum absolute atomic E-state index is 0.0509. The quantitative estimate of drug-likeness (QED) is 0.337. The Morgan fingerprint density at radius 1 is 1.14 bits per heavy atom. The first-order chi connectivity index (χ1) is 17.9. The number of aromatic hydroxyl groups is 1. The van der Waals surface area contributed by atoms with Crippen molar-refractivity contribution in [2.45, 2.75) is 19.4 Å². The standard InChI is InChI=1S/C26H30FN5O5/c1-16(15-33)30-26(36)23-24(34)21-20(13-18(14-29-21)12-17-2-4-19(27)5-3-17)22(31-23)25(35)28-6-7-32-8-10-37-11-9-32/h2-5,13-14,16,33-34H,6-12,15H2,1H3,(H,28,35)(H,30,36). The Kier molecular flexibility index (Phi) is 8.59. The van der Waals surface area contributed by atoms with Crippen molar-refractivity contribution in [3.63, 3.8) is 0 Å². The molecular formula is C26H30FN5O5. The van der Waals surface area contributed by atoms with Crippen molar-refractivity contribution in [2.24, 2.45) is 0 Å². The normalized spacial score (nSPS) is 14.9. The van der Waals surface area contributed by atoms with Crippen LogP contribution in [0.25, 0.3) is 10.9 Å². The highest BCUT2D eigenvalue weighted by molar-refractivity contribution is 6.09. The molecule has 1 saturated heterocycles. The number of aliphatic hydroxyl groups excluding tert-OH is 1. The summed E-state index contributed by atoms with van der Waals surface area (Å²) in [7, 11) is 0. The molecule has 0 spiro atoms. The minimum atomic E-state index is -0.736. The van der Waals surface area contributed by atoms with Crippen LogP contribution in [0.2, 0.25) is 0 Å². The molecule has 0 radical (unpaired) electrons. The van der Waals surface area contributed by atoms with Crippen LogP contribution in [-0.2, 0) is 11.2 Å². The van der Waals surface area contributed by atoms with E-state index in [9.17, 15) is 24.2 Å². The smallest absolute Gasteiger partial charge is 0.274 e. The van der Waals surface area contributed by atoms with Gasteiger partial charge in [0.2, 0.25) is 0 Å². The average Bonchev–Trinajstić information content (AvgIpc) is 2.90. The van der Waals surface area contributed by atoms with Crippen molar-refractivity contribution in [1.29, 1.82) is 0 Å². The highest BCUT2D eigenvalue weighted by Crippen LogP contribution is 2.29. The molecule has 0 aliphatic carbocycles. The van der Waals surface area contributed by atoms with Gasteiger partial charge in [0.25, 0.3) is 11.8 Å². The third kappa shape index (κ3) is 6.56. The van der Waals surface area contributed by atoms with E-state index in [1.807, 2.05) is 0 Å². The Bertz CT molecular complexity index is 1260. The molecule has 3 heterocycles. The van der Waals surface area contributed by atoms with Crippen LogP contribution >= 0.6 is 0 Å². The van der Waals surface area contributed by atoms with Crippen LogP contribution in [0.4, 0.5) is 4.39 Å². The maximum atomic E-state index is 13.3. The first-order valence-corrected chi connectivity index (χ1v) is 12.1. The minimum Gasteiger partial charge on any atom is -0.504 e. The molecule has 1 atom stereocenters. The van der Waals surface area contributed by atoms with Gasteiger partial charge < -0.3 is 25.6 Å². The van der Waals surface area contributed by atoms with E-state index in [0.717, 1.165) is 18.7 Å². The fraction of sp³-hybridized carbons (Fsp3) is 0.385. The van der Waals surface area contributed by atoms with Crippen LogP contribution < -0.4 is 10.6 Å². The monoisotopic (exact) mass is 511 g/mol. The molecule has 0 bridgehead atoms. The number of carbonyl (C=O) groups is 2. The Labute approximate surface area is 213 Å². The first-order valence-electron chi connectivity index (χ1n) is 12.1. The van der Waals surface area contributed by atoms with E-state index in [1.165, 1.54) is 18.3 Å². The van der Waals surface area contributed by atoms with Gasteiger partial charge in [-0.05, 0) is 42.7 Å². The summed E-state index contributed by atoms with van der Waals surface area (Å²) in [6.45, 7) is 5.11. The van der Waals surface area contributed by atoms with Crippen LogP contribution in [0.1, 0.15) is 39.0 Å². The number of hydrogen-bond donors (Lipinski definition) is 4. The molecule has 1 aliphatic rings. The number of carbonyl (C=O) groups excluding carboxylic acids is 2. The second kappa shape index (κ2) is 12.0. The number of aliphatic hydroxyl groups is 1. The fourth-order valence-electron chi connectivity index (χ4n) is 4.05. The van der Waals surface area contributed by atoms with Gasteiger partial charge in [-0.15, -0.1) is 0 Å². The van der Waals surface area contributed by atoms with Gasteiger partial charge in [0.1, 0.15) is 17.0 Å². The van der Waals surface area contributed by atoms with Gasteiger partial charge >= 0.3 is 0 Å². The van der Waals surface area contributed by atoms with Gasteiger partial charge in [-0.2, -0.15) is 0 Å². The highest BCUT2D eigenvalue weighted by Gasteiger charge is 2.24. The topological polar surface area (TPSA) is 137 Å². The third-order valence-corrected chi connectivity index (χ3v) is 6.09. The number of nitrogens with zero attached hydrogens (tertiary/aromatic N) is 3. The molecule has 1 unspecified atom stereocenters. The van der Waals surface area contributed by atoms with E-state index in [1.54, 1.807) is 25.1 Å². The van der Waals surface area contributed by atoms with Crippen molar-refractivity contribution >= 4 is 22.7 Å². The van der Waals surface area contributed by atoms with Crippen molar-refractivity contribution in [2.75, 3.05) is 46.0 Å². The second-order valence-electron chi connectivity index (χ2n) is 8.97. The number of morpholine rings is 1. The lowest BCUT2D eigenvalue weighted by atomic mass is 10.0. The van der Waals surface area contributed by atoms with E-state index in [-0.39, 0.29) is 34.7 Å². The summed E-state index contributed by atoms with van der Waals surface area (Å²) in [5, 5.41) is 25.8. The third-order valence-electron chi connectivity index (χ3n) is 6.09. The van der Waals surface area contributed by atoms with E-state index < -0.39 is 23.6 Å².